The molecule has 0 bridgehead atoms. The van der Waals surface area contributed by atoms with Crippen molar-refractivity contribution in [1.29, 1.82) is 0 Å². The Morgan fingerprint density at radius 1 is 1.03 bits per heavy atom. The predicted octanol–water partition coefficient (Wildman–Crippen LogP) is 5.68. The second-order valence-corrected chi connectivity index (χ2v) is 6.82. The Labute approximate surface area is 173 Å². The minimum Gasteiger partial charge on any atom is -0.478 e. The number of aromatic nitrogens is 2. The summed E-state index contributed by atoms with van der Waals surface area (Å²) in [5.74, 6) is -1.39. The number of carbonyl (C=O) groups is 1. The van der Waals surface area contributed by atoms with Crippen LogP contribution >= 0.6 is 0 Å². The molecule has 2 N–H and O–H groups in total. The molecule has 0 spiro atoms. The zero-order chi connectivity index (χ0) is 22.2. The summed E-state index contributed by atoms with van der Waals surface area (Å²) in [6.07, 6.45) is -4.53. The number of hydrogen-bond acceptors (Lipinski definition) is 3. The minimum absolute atomic E-state index is 0.00109. The topological polar surface area (TPSA) is 67.2 Å². The Morgan fingerprint density at radius 2 is 1.74 bits per heavy atom. The lowest BCUT2D eigenvalue weighted by Gasteiger charge is -2.16. The quantitative estimate of drug-likeness (QED) is 0.401. The van der Waals surface area contributed by atoms with E-state index in [-0.39, 0.29) is 23.6 Å². The summed E-state index contributed by atoms with van der Waals surface area (Å²) in [5.41, 5.74) is 0.479. The number of benzene rings is 3. The van der Waals surface area contributed by atoms with Gasteiger partial charge in [0.1, 0.15) is 5.82 Å². The highest BCUT2D eigenvalue weighted by Gasteiger charge is 2.33. The SMILES string of the molecule is O=C(O)c1ccc2c(c1)nc(Nc1ccc(F)cc1)n2Cc1ccccc1C(F)(F)F. The van der Waals surface area contributed by atoms with Crippen LogP contribution in [0.1, 0.15) is 21.5 Å². The number of aromatic carboxylic acids is 1. The van der Waals surface area contributed by atoms with E-state index < -0.39 is 23.5 Å². The molecule has 0 saturated heterocycles. The van der Waals surface area contributed by atoms with Gasteiger partial charge in [-0.15, -0.1) is 0 Å². The molecule has 1 aromatic heterocycles. The monoisotopic (exact) mass is 429 g/mol. The zero-order valence-corrected chi connectivity index (χ0v) is 15.8. The largest absolute Gasteiger partial charge is 0.478 e. The average molecular weight is 429 g/mol. The number of imidazole rings is 1. The molecule has 4 aromatic rings. The fraction of sp³-hybridized carbons (Fsp3) is 0.0909. The van der Waals surface area contributed by atoms with Gasteiger partial charge in [0, 0.05) is 5.69 Å². The number of anilines is 2. The molecule has 0 amide bonds. The van der Waals surface area contributed by atoms with Gasteiger partial charge in [0.05, 0.1) is 28.7 Å². The molecular weight excluding hydrogens is 414 g/mol. The number of rotatable bonds is 5. The van der Waals surface area contributed by atoms with E-state index in [2.05, 4.69) is 10.3 Å². The summed E-state index contributed by atoms with van der Waals surface area (Å²) in [6.45, 7) is -0.165. The van der Waals surface area contributed by atoms with Gasteiger partial charge in [-0.1, -0.05) is 18.2 Å². The molecule has 0 aliphatic carbocycles. The molecule has 0 aliphatic rings. The molecule has 0 atom stereocenters. The highest BCUT2D eigenvalue weighted by molar-refractivity contribution is 5.93. The Balaban J connectivity index is 1.84. The molecule has 158 valence electrons. The maximum absolute atomic E-state index is 13.5. The lowest BCUT2D eigenvalue weighted by atomic mass is 10.1. The number of hydrogen-bond donors (Lipinski definition) is 2. The summed E-state index contributed by atoms with van der Waals surface area (Å²) in [5, 5.41) is 12.2. The van der Waals surface area contributed by atoms with E-state index >= 15 is 0 Å². The first kappa shape index (κ1) is 20.4. The molecule has 0 saturated carbocycles. The van der Waals surface area contributed by atoms with Crippen molar-refractivity contribution < 1.29 is 27.5 Å². The van der Waals surface area contributed by atoms with Crippen LogP contribution in [0.2, 0.25) is 0 Å². The van der Waals surface area contributed by atoms with Crippen LogP contribution < -0.4 is 5.32 Å². The molecule has 0 unspecified atom stereocenters. The van der Waals surface area contributed by atoms with Crippen molar-refractivity contribution >= 4 is 28.6 Å². The Kier molecular flexibility index (Phi) is 5.10. The minimum atomic E-state index is -4.53. The normalized spacial score (nSPS) is 11.6. The van der Waals surface area contributed by atoms with Gasteiger partial charge in [0.15, 0.2) is 0 Å². The lowest BCUT2D eigenvalue weighted by molar-refractivity contribution is -0.138. The van der Waals surface area contributed by atoms with Crippen molar-refractivity contribution in [1.82, 2.24) is 9.55 Å². The highest BCUT2D eigenvalue weighted by Crippen LogP contribution is 2.33. The first-order valence-corrected chi connectivity index (χ1v) is 9.13. The van der Waals surface area contributed by atoms with Crippen LogP contribution in [0.15, 0.2) is 66.7 Å². The smallest absolute Gasteiger partial charge is 0.416 e. The lowest BCUT2D eigenvalue weighted by Crippen LogP contribution is -2.12. The molecule has 5 nitrogen and oxygen atoms in total. The van der Waals surface area contributed by atoms with E-state index in [4.69, 9.17) is 0 Å². The van der Waals surface area contributed by atoms with Crippen molar-refractivity contribution in [3.63, 3.8) is 0 Å². The third kappa shape index (κ3) is 4.20. The van der Waals surface area contributed by atoms with Crippen LogP contribution in [-0.2, 0) is 12.7 Å². The fourth-order valence-electron chi connectivity index (χ4n) is 3.29. The molecule has 0 fully saturated rings. The Hall–Kier alpha value is -3.88. The Morgan fingerprint density at radius 3 is 2.42 bits per heavy atom. The molecule has 9 heteroatoms. The fourth-order valence-corrected chi connectivity index (χ4v) is 3.29. The summed E-state index contributed by atoms with van der Waals surface area (Å²) in [6, 6.07) is 14.8. The molecule has 4 rings (SSSR count). The van der Waals surface area contributed by atoms with Gasteiger partial charge in [-0.3, -0.25) is 0 Å². The van der Waals surface area contributed by atoms with Gasteiger partial charge in [-0.25, -0.2) is 14.2 Å². The molecule has 3 aromatic carbocycles. The molecular formula is C22H15F4N3O2. The second-order valence-electron chi connectivity index (χ2n) is 6.82. The van der Waals surface area contributed by atoms with Gasteiger partial charge in [-0.2, -0.15) is 13.2 Å². The van der Waals surface area contributed by atoms with E-state index in [1.165, 1.54) is 65.2 Å². The van der Waals surface area contributed by atoms with Crippen molar-refractivity contribution in [2.75, 3.05) is 5.32 Å². The molecule has 0 aliphatic heterocycles. The second kappa shape index (κ2) is 7.75. The first-order chi connectivity index (χ1) is 14.7. The number of carboxylic acids is 1. The Bertz CT molecular complexity index is 1260. The maximum Gasteiger partial charge on any atom is 0.416 e. The highest BCUT2D eigenvalue weighted by atomic mass is 19.4. The summed E-state index contributed by atoms with van der Waals surface area (Å²) < 4.78 is 55.2. The summed E-state index contributed by atoms with van der Waals surface area (Å²) in [4.78, 5) is 15.7. The van der Waals surface area contributed by atoms with Gasteiger partial charge < -0.3 is 15.0 Å². The molecule has 0 radical (unpaired) electrons. The van der Waals surface area contributed by atoms with Crippen LogP contribution in [0, 0.1) is 5.82 Å². The number of halogens is 4. The number of fused-ring (bicyclic) bond motifs is 1. The van der Waals surface area contributed by atoms with Crippen LogP contribution in [0.4, 0.5) is 29.2 Å². The van der Waals surface area contributed by atoms with Crippen molar-refractivity contribution in [3.8, 4) is 0 Å². The molecule has 31 heavy (non-hydrogen) atoms. The van der Waals surface area contributed by atoms with Crippen LogP contribution in [0.5, 0.6) is 0 Å². The standard InChI is InChI=1S/C22H15F4N3O2/c23-15-6-8-16(9-7-15)27-21-28-18-11-13(20(30)31)5-10-19(18)29(21)12-14-3-1-2-4-17(14)22(24,25)26/h1-11H,12H2,(H,27,28)(H,30,31). The van der Waals surface area contributed by atoms with E-state index in [0.717, 1.165) is 6.07 Å². The number of nitrogens with zero attached hydrogens (tertiary/aromatic N) is 2. The first-order valence-electron chi connectivity index (χ1n) is 9.13. The van der Waals surface area contributed by atoms with Crippen LogP contribution in [-0.4, -0.2) is 20.6 Å². The van der Waals surface area contributed by atoms with Gasteiger partial charge in [0.25, 0.3) is 0 Å². The molecule has 1 heterocycles. The number of nitrogens with one attached hydrogen (secondary N) is 1. The third-order valence-electron chi connectivity index (χ3n) is 4.75. The van der Waals surface area contributed by atoms with E-state index in [1.54, 1.807) is 0 Å². The van der Waals surface area contributed by atoms with Gasteiger partial charge >= 0.3 is 12.1 Å². The van der Waals surface area contributed by atoms with Crippen molar-refractivity contribution in [3.05, 3.63) is 89.2 Å². The van der Waals surface area contributed by atoms with Gasteiger partial charge in [0.2, 0.25) is 5.95 Å². The van der Waals surface area contributed by atoms with E-state index in [1.807, 2.05) is 0 Å². The number of carboxylic acid groups (broad SMARTS) is 1. The van der Waals surface area contributed by atoms with Crippen molar-refractivity contribution in [2.45, 2.75) is 12.7 Å². The average Bonchev–Trinajstić information content (AvgIpc) is 3.05. The van der Waals surface area contributed by atoms with Crippen LogP contribution in [0.3, 0.4) is 0 Å². The predicted molar refractivity (Wildman–Crippen MR) is 107 cm³/mol. The van der Waals surface area contributed by atoms with Crippen LogP contribution in [0.25, 0.3) is 11.0 Å². The van der Waals surface area contributed by atoms with Gasteiger partial charge in [-0.05, 0) is 54.1 Å². The summed E-state index contributed by atoms with van der Waals surface area (Å²) in [7, 11) is 0. The zero-order valence-electron chi connectivity index (χ0n) is 15.8. The van der Waals surface area contributed by atoms with E-state index in [9.17, 15) is 27.5 Å². The third-order valence-corrected chi connectivity index (χ3v) is 4.75. The number of alkyl halides is 3. The van der Waals surface area contributed by atoms with E-state index in [0.29, 0.717) is 16.7 Å². The van der Waals surface area contributed by atoms with Crippen molar-refractivity contribution in [2.24, 2.45) is 0 Å². The summed E-state index contributed by atoms with van der Waals surface area (Å²) >= 11 is 0. The maximum atomic E-state index is 13.5.